The number of halogens is 2. The monoisotopic (exact) mass is 760 g/mol. The number of sulfonamides is 1. The molecule has 11 nitrogen and oxygen atoms in total. The van der Waals surface area contributed by atoms with Crippen LogP contribution in [-0.4, -0.2) is 80.6 Å². The van der Waals surface area contributed by atoms with E-state index >= 15 is 0 Å². The van der Waals surface area contributed by atoms with Crippen molar-refractivity contribution < 1.29 is 41.1 Å². The standard InChI is InChI=1S/C40H42F2N4O7S/c1-52-39(48)44-37(36(28-12-17-31(41)18-13-28)29-14-19-32(42)20-15-29)38(47)43-35-24-30(35)16-21-33-25-45(40(49)53-26-27-8-4-2-5-9-27)22-23-46(33)54(50,51)34-10-6-3-7-11-34/h2-15,17-20,30,33,35-37H,16,21-26H2,1H3,(H,43,47)(H,44,48)/t30?,33-,35?,37-/m0/s1. The van der Waals surface area contributed by atoms with Crippen molar-refractivity contribution in [3.8, 4) is 0 Å². The maximum atomic E-state index is 14.0. The van der Waals surface area contributed by atoms with Crippen molar-refractivity contribution in [2.75, 3.05) is 26.7 Å². The molecule has 4 atom stereocenters. The molecule has 4 aromatic carbocycles. The molecule has 3 amide bonds. The van der Waals surface area contributed by atoms with Crippen molar-refractivity contribution in [2.45, 2.75) is 54.8 Å². The summed E-state index contributed by atoms with van der Waals surface area (Å²) in [5, 5.41) is 5.63. The Morgan fingerprint density at radius 2 is 1.41 bits per heavy atom. The summed E-state index contributed by atoms with van der Waals surface area (Å²) >= 11 is 0. The number of nitrogens with one attached hydrogen (secondary N) is 2. The van der Waals surface area contributed by atoms with E-state index in [4.69, 9.17) is 9.47 Å². The second-order valence-electron chi connectivity index (χ2n) is 13.5. The number of benzene rings is 4. The van der Waals surface area contributed by atoms with Gasteiger partial charge in [-0.1, -0.05) is 72.8 Å². The van der Waals surface area contributed by atoms with E-state index in [0.717, 1.165) is 5.56 Å². The van der Waals surface area contributed by atoms with Gasteiger partial charge in [0.25, 0.3) is 0 Å². The molecule has 2 aliphatic rings. The predicted molar refractivity (Wildman–Crippen MR) is 196 cm³/mol. The Labute approximate surface area is 313 Å². The molecular weight excluding hydrogens is 719 g/mol. The lowest BCUT2D eigenvalue weighted by Crippen LogP contribution is -2.56. The van der Waals surface area contributed by atoms with Crippen LogP contribution in [-0.2, 0) is 30.9 Å². The minimum atomic E-state index is -3.88. The number of alkyl carbamates (subject to hydrolysis) is 1. The Hall–Kier alpha value is -5.34. The zero-order valence-corrected chi connectivity index (χ0v) is 30.5. The second kappa shape index (κ2) is 17.2. The average Bonchev–Trinajstić information content (AvgIpc) is 3.94. The van der Waals surface area contributed by atoms with Gasteiger partial charge in [0.15, 0.2) is 0 Å². The third-order valence-electron chi connectivity index (χ3n) is 9.90. The van der Waals surface area contributed by atoms with E-state index in [1.165, 1.54) is 64.8 Å². The molecule has 54 heavy (non-hydrogen) atoms. The van der Waals surface area contributed by atoms with E-state index < -0.39 is 57.8 Å². The molecule has 0 spiro atoms. The molecule has 284 valence electrons. The zero-order valence-electron chi connectivity index (χ0n) is 29.6. The first kappa shape index (κ1) is 38.4. The fourth-order valence-corrected chi connectivity index (χ4v) is 8.58. The van der Waals surface area contributed by atoms with Gasteiger partial charge in [0.05, 0.1) is 12.0 Å². The maximum Gasteiger partial charge on any atom is 0.410 e. The van der Waals surface area contributed by atoms with Crippen LogP contribution in [0.4, 0.5) is 18.4 Å². The molecule has 1 heterocycles. The highest BCUT2D eigenvalue weighted by Crippen LogP contribution is 2.38. The third kappa shape index (κ3) is 9.41. The minimum absolute atomic E-state index is 0.00972. The van der Waals surface area contributed by atoms with Crippen LogP contribution in [0.25, 0.3) is 0 Å². The lowest BCUT2D eigenvalue weighted by atomic mass is 9.84. The molecule has 0 radical (unpaired) electrons. The van der Waals surface area contributed by atoms with Crippen LogP contribution in [0, 0.1) is 17.6 Å². The van der Waals surface area contributed by atoms with Crippen molar-refractivity contribution in [1.29, 1.82) is 0 Å². The number of ether oxygens (including phenoxy) is 2. The normalized spacial score (nSPS) is 19.1. The summed E-state index contributed by atoms with van der Waals surface area (Å²) in [4.78, 5) is 41.3. The molecule has 1 aliphatic heterocycles. The lowest BCUT2D eigenvalue weighted by Gasteiger charge is -2.40. The van der Waals surface area contributed by atoms with Gasteiger partial charge in [-0.2, -0.15) is 4.31 Å². The van der Waals surface area contributed by atoms with Crippen LogP contribution in [0.1, 0.15) is 41.9 Å². The molecule has 2 fully saturated rings. The maximum absolute atomic E-state index is 14.0. The topological polar surface area (TPSA) is 134 Å². The molecule has 1 saturated carbocycles. The van der Waals surface area contributed by atoms with Gasteiger partial charge in [0, 0.05) is 37.6 Å². The van der Waals surface area contributed by atoms with Crippen molar-refractivity contribution in [3.05, 3.63) is 138 Å². The van der Waals surface area contributed by atoms with Crippen molar-refractivity contribution in [3.63, 3.8) is 0 Å². The quantitative estimate of drug-likeness (QED) is 0.176. The SMILES string of the molecule is COC(=O)N[C@H](C(=O)NC1CC1CC[C@H]1CN(C(=O)OCc2ccccc2)CCN1S(=O)(=O)c1ccccc1)C(c1ccc(F)cc1)c1ccc(F)cc1. The van der Waals surface area contributed by atoms with Gasteiger partial charge < -0.3 is 25.0 Å². The average molecular weight is 761 g/mol. The number of hydrogen-bond acceptors (Lipinski definition) is 7. The van der Waals surface area contributed by atoms with Crippen molar-refractivity contribution in [2.24, 2.45) is 5.92 Å². The molecule has 1 aliphatic carbocycles. The first-order valence-electron chi connectivity index (χ1n) is 17.7. The molecule has 1 saturated heterocycles. The number of piperazine rings is 1. The van der Waals surface area contributed by atoms with Gasteiger partial charge in [-0.05, 0) is 78.3 Å². The first-order valence-corrected chi connectivity index (χ1v) is 19.2. The fraction of sp³-hybridized carbons (Fsp3) is 0.325. The van der Waals surface area contributed by atoms with Crippen LogP contribution in [0.15, 0.2) is 114 Å². The van der Waals surface area contributed by atoms with E-state index in [-0.39, 0.29) is 43.1 Å². The molecule has 2 N–H and O–H groups in total. The van der Waals surface area contributed by atoms with Gasteiger partial charge >= 0.3 is 12.2 Å². The highest BCUT2D eigenvalue weighted by atomic mass is 32.2. The summed E-state index contributed by atoms with van der Waals surface area (Å²) < 4.78 is 67.3. The van der Waals surface area contributed by atoms with Gasteiger partial charge in [-0.3, -0.25) is 4.79 Å². The third-order valence-corrected chi connectivity index (χ3v) is 11.9. The Morgan fingerprint density at radius 1 is 0.815 bits per heavy atom. The van der Waals surface area contributed by atoms with Gasteiger partial charge in [0.1, 0.15) is 24.3 Å². The molecular formula is C40H42F2N4O7S. The number of carbonyl (C=O) groups is 3. The van der Waals surface area contributed by atoms with Gasteiger partial charge in [-0.25, -0.2) is 26.8 Å². The minimum Gasteiger partial charge on any atom is -0.453 e. The summed E-state index contributed by atoms with van der Waals surface area (Å²) in [5.41, 5.74) is 1.85. The van der Waals surface area contributed by atoms with Crippen molar-refractivity contribution in [1.82, 2.24) is 19.8 Å². The predicted octanol–water partition coefficient (Wildman–Crippen LogP) is 5.82. The Morgan fingerprint density at radius 3 is 2.00 bits per heavy atom. The van der Waals surface area contributed by atoms with E-state index in [9.17, 15) is 31.6 Å². The fourth-order valence-electron chi connectivity index (χ4n) is 6.92. The number of carbonyl (C=O) groups excluding carboxylic acids is 3. The molecule has 0 aromatic heterocycles. The second-order valence-corrected chi connectivity index (χ2v) is 15.3. The zero-order chi connectivity index (χ0) is 38.2. The van der Waals surface area contributed by atoms with E-state index in [0.29, 0.717) is 30.4 Å². The number of nitrogens with zero attached hydrogens (tertiary/aromatic N) is 2. The van der Waals surface area contributed by atoms with Gasteiger partial charge in [-0.15, -0.1) is 0 Å². The van der Waals surface area contributed by atoms with Crippen LogP contribution in [0.5, 0.6) is 0 Å². The summed E-state index contributed by atoms with van der Waals surface area (Å²) in [6.07, 6.45) is 0.162. The number of hydrogen-bond donors (Lipinski definition) is 2. The van der Waals surface area contributed by atoms with Gasteiger partial charge in [0.2, 0.25) is 15.9 Å². The van der Waals surface area contributed by atoms with Crippen LogP contribution >= 0.6 is 0 Å². The summed E-state index contributed by atoms with van der Waals surface area (Å²) in [7, 11) is -2.71. The highest BCUT2D eigenvalue weighted by Gasteiger charge is 2.44. The highest BCUT2D eigenvalue weighted by molar-refractivity contribution is 7.89. The van der Waals surface area contributed by atoms with Crippen LogP contribution in [0.3, 0.4) is 0 Å². The summed E-state index contributed by atoms with van der Waals surface area (Å²) in [6, 6.07) is 26.4. The molecule has 6 rings (SSSR count). The number of amides is 3. The molecule has 0 bridgehead atoms. The Kier molecular flexibility index (Phi) is 12.2. The largest absolute Gasteiger partial charge is 0.453 e. The van der Waals surface area contributed by atoms with Crippen LogP contribution < -0.4 is 10.6 Å². The van der Waals surface area contributed by atoms with E-state index in [2.05, 4.69) is 10.6 Å². The Bertz CT molecular complexity index is 1960. The molecule has 2 unspecified atom stereocenters. The summed E-state index contributed by atoms with van der Waals surface area (Å²) in [6.45, 7) is 0.468. The van der Waals surface area contributed by atoms with Crippen LogP contribution in [0.2, 0.25) is 0 Å². The lowest BCUT2D eigenvalue weighted by molar-refractivity contribution is -0.123. The number of methoxy groups -OCH3 is 1. The first-order chi connectivity index (χ1) is 26.0. The molecule has 14 heteroatoms. The number of rotatable bonds is 13. The van der Waals surface area contributed by atoms with E-state index in [1.807, 2.05) is 30.3 Å². The smallest absolute Gasteiger partial charge is 0.410 e. The summed E-state index contributed by atoms with van der Waals surface area (Å²) in [5.74, 6) is -2.33. The Balaban J connectivity index is 1.15. The van der Waals surface area contributed by atoms with Crippen molar-refractivity contribution >= 4 is 28.1 Å². The van der Waals surface area contributed by atoms with E-state index in [1.54, 1.807) is 30.3 Å². The molecule has 4 aromatic rings.